The summed E-state index contributed by atoms with van der Waals surface area (Å²) in [5.74, 6) is 0.292. The second-order valence-electron chi connectivity index (χ2n) is 7.08. The number of fused-ring (bicyclic) bond motifs is 3. The molecule has 3 aromatic rings. The highest BCUT2D eigenvalue weighted by Crippen LogP contribution is 2.34. The lowest BCUT2D eigenvalue weighted by Crippen LogP contribution is -2.27. The summed E-state index contributed by atoms with van der Waals surface area (Å²) in [6, 6.07) is 6.46. The molecular formula is C20H22FN3OS. The second-order valence-corrected chi connectivity index (χ2v) is 8.16. The van der Waals surface area contributed by atoms with Crippen LogP contribution in [0.25, 0.3) is 10.2 Å². The van der Waals surface area contributed by atoms with Crippen LogP contribution in [0.15, 0.2) is 29.1 Å². The topological polar surface area (TPSA) is 46.9 Å². The van der Waals surface area contributed by atoms with E-state index in [4.69, 9.17) is 4.98 Å². The number of nitrogens with zero attached hydrogens (tertiary/aromatic N) is 2. The second kappa shape index (κ2) is 6.83. The predicted octanol–water partition coefficient (Wildman–Crippen LogP) is 4.67. The highest BCUT2D eigenvalue weighted by molar-refractivity contribution is 7.18. The Labute approximate surface area is 155 Å². The minimum atomic E-state index is -0.264. The molecule has 1 aliphatic rings. The van der Waals surface area contributed by atoms with E-state index >= 15 is 0 Å². The number of aromatic nitrogens is 2. The lowest BCUT2D eigenvalue weighted by atomic mass is 9.97. The maximum Gasteiger partial charge on any atom is 0.264 e. The fourth-order valence-electron chi connectivity index (χ4n) is 3.65. The van der Waals surface area contributed by atoms with Gasteiger partial charge >= 0.3 is 0 Å². The van der Waals surface area contributed by atoms with Crippen molar-refractivity contribution in [2.75, 3.05) is 5.32 Å². The quantitative estimate of drug-likeness (QED) is 0.725. The van der Waals surface area contributed by atoms with Gasteiger partial charge in [-0.25, -0.2) is 9.37 Å². The van der Waals surface area contributed by atoms with Crippen LogP contribution >= 0.6 is 11.3 Å². The van der Waals surface area contributed by atoms with Crippen LogP contribution in [-0.4, -0.2) is 9.55 Å². The summed E-state index contributed by atoms with van der Waals surface area (Å²) in [5.41, 5.74) is 2.06. The molecule has 4 nitrogen and oxygen atoms in total. The molecule has 6 heteroatoms. The molecule has 1 aromatic carbocycles. The monoisotopic (exact) mass is 371 g/mol. The number of hydrogen-bond acceptors (Lipinski definition) is 4. The lowest BCUT2D eigenvalue weighted by Gasteiger charge is -2.17. The smallest absolute Gasteiger partial charge is 0.264 e. The third kappa shape index (κ3) is 3.03. The molecule has 0 saturated heterocycles. The number of nitrogens with one attached hydrogen (secondary N) is 1. The summed E-state index contributed by atoms with van der Waals surface area (Å²) in [5, 5.41) is 4.04. The van der Waals surface area contributed by atoms with Gasteiger partial charge in [-0.2, -0.15) is 0 Å². The number of hydrogen-bond donors (Lipinski definition) is 1. The van der Waals surface area contributed by atoms with Crippen molar-refractivity contribution in [3.05, 3.63) is 56.4 Å². The van der Waals surface area contributed by atoms with Gasteiger partial charge in [0.25, 0.3) is 5.56 Å². The van der Waals surface area contributed by atoms with Crippen LogP contribution in [0.2, 0.25) is 0 Å². The Kier molecular flexibility index (Phi) is 4.53. The number of anilines is 1. The van der Waals surface area contributed by atoms with Gasteiger partial charge in [0.2, 0.25) is 5.95 Å². The Morgan fingerprint density at radius 2 is 2.12 bits per heavy atom. The molecule has 0 radical (unpaired) electrons. The number of benzene rings is 1. The van der Waals surface area contributed by atoms with Crippen molar-refractivity contribution in [1.29, 1.82) is 0 Å². The SMILES string of the molecule is CC(C)n1c(NCc2cccc(F)c2)nc2sc3c(c2c1=O)CCCC3. The lowest BCUT2D eigenvalue weighted by molar-refractivity contribution is 0.579. The van der Waals surface area contributed by atoms with E-state index in [-0.39, 0.29) is 17.4 Å². The Morgan fingerprint density at radius 1 is 1.31 bits per heavy atom. The van der Waals surface area contributed by atoms with Crippen molar-refractivity contribution in [1.82, 2.24) is 9.55 Å². The first-order valence-electron chi connectivity index (χ1n) is 9.09. The molecule has 0 saturated carbocycles. The molecule has 1 N–H and O–H groups in total. The molecule has 2 heterocycles. The standard InChI is InChI=1S/C20H22FN3OS/c1-12(2)24-19(25)17-15-8-3-4-9-16(15)26-18(17)23-20(24)22-11-13-6-5-7-14(21)10-13/h5-7,10,12H,3-4,8-9,11H2,1-2H3,(H,22,23). The summed E-state index contributed by atoms with van der Waals surface area (Å²) in [4.78, 5) is 20.1. The first kappa shape index (κ1) is 17.2. The summed E-state index contributed by atoms with van der Waals surface area (Å²) in [7, 11) is 0. The van der Waals surface area contributed by atoms with E-state index in [1.807, 2.05) is 19.9 Å². The van der Waals surface area contributed by atoms with Crippen molar-refractivity contribution in [3.8, 4) is 0 Å². The van der Waals surface area contributed by atoms with Crippen LogP contribution in [0, 0.1) is 5.82 Å². The Morgan fingerprint density at radius 3 is 2.88 bits per heavy atom. The Bertz CT molecular complexity index is 1020. The van der Waals surface area contributed by atoms with Crippen LogP contribution < -0.4 is 10.9 Å². The number of aryl methyl sites for hydroxylation is 2. The van der Waals surface area contributed by atoms with Crippen LogP contribution in [0.5, 0.6) is 0 Å². The van der Waals surface area contributed by atoms with Crippen molar-refractivity contribution in [2.45, 2.75) is 52.1 Å². The first-order valence-corrected chi connectivity index (χ1v) is 9.91. The van der Waals surface area contributed by atoms with E-state index in [9.17, 15) is 9.18 Å². The van der Waals surface area contributed by atoms with E-state index in [2.05, 4.69) is 5.32 Å². The highest BCUT2D eigenvalue weighted by Gasteiger charge is 2.22. The van der Waals surface area contributed by atoms with Gasteiger partial charge in [-0.05, 0) is 62.8 Å². The first-order chi connectivity index (χ1) is 12.5. The molecule has 136 valence electrons. The number of halogens is 1. The minimum Gasteiger partial charge on any atom is -0.351 e. The molecule has 4 rings (SSSR count). The summed E-state index contributed by atoms with van der Waals surface area (Å²) in [6.45, 7) is 4.40. The van der Waals surface area contributed by atoms with Gasteiger partial charge in [0, 0.05) is 17.5 Å². The predicted molar refractivity (Wildman–Crippen MR) is 105 cm³/mol. The molecule has 0 spiro atoms. The van der Waals surface area contributed by atoms with Crippen molar-refractivity contribution in [2.24, 2.45) is 0 Å². The van der Waals surface area contributed by atoms with Crippen LogP contribution in [0.4, 0.5) is 10.3 Å². The summed E-state index contributed by atoms with van der Waals surface area (Å²) >= 11 is 1.65. The zero-order chi connectivity index (χ0) is 18.3. The summed E-state index contributed by atoms with van der Waals surface area (Å²) < 4.78 is 15.1. The molecule has 0 bridgehead atoms. The van der Waals surface area contributed by atoms with E-state index in [0.29, 0.717) is 12.5 Å². The van der Waals surface area contributed by atoms with Gasteiger partial charge in [0.15, 0.2) is 0 Å². The van der Waals surface area contributed by atoms with Crippen LogP contribution in [0.3, 0.4) is 0 Å². The van der Waals surface area contributed by atoms with E-state index in [1.165, 1.54) is 29.0 Å². The zero-order valence-corrected chi connectivity index (χ0v) is 15.8. The van der Waals surface area contributed by atoms with Gasteiger partial charge in [0.1, 0.15) is 10.6 Å². The number of rotatable bonds is 4. The molecule has 1 aliphatic carbocycles. The highest BCUT2D eigenvalue weighted by atomic mass is 32.1. The molecule has 0 fully saturated rings. The third-order valence-corrected chi connectivity index (χ3v) is 6.06. The van der Waals surface area contributed by atoms with Gasteiger partial charge < -0.3 is 5.32 Å². The normalized spacial score (nSPS) is 14.0. The number of thiophene rings is 1. The van der Waals surface area contributed by atoms with Gasteiger partial charge in [-0.15, -0.1) is 11.3 Å². The molecule has 0 unspecified atom stereocenters. The maximum absolute atomic E-state index is 13.4. The fourth-order valence-corrected chi connectivity index (χ4v) is 4.90. The molecule has 26 heavy (non-hydrogen) atoms. The molecule has 0 aliphatic heterocycles. The Balaban J connectivity index is 1.78. The van der Waals surface area contributed by atoms with Crippen molar-refractivity contribution < 1.29 is 4.39 Å². The Hall–Kier alpha value is -2.21. The van der Waals surface area contributed by atoms with Gasteiger partial charge in [-0.3, -0.25) is 9.36 Å². The zero-order valence-electron chi connectivity index (χ0n) is 15.0. The molecule has 0 amide bonds. The molecule has 2 aromatic heterocycles. The van der Waals surface area contributed by atoms with Gasteiger partial charge in [0.05, 0.1) is 5.39 Å². The van der Waals surface area contributed by atoms with E-state index in [1.54, 1.807) is 22.0 Å². The van der Waals surface area contributed by atoms with Crippen molar-refractivity contribution >= 4 is 27.5 Å². The third-order valence-electron chi connectivity index (χ3n) is 4.88. The average Bonchev–Trinajstić information content (AvgIpc) is 2.98. The fraction of sp³-hybridized carbons (Fsp3) is 0.400. The minimum absolute atomic E-state index is 0.00597. The van der Waals surface area contributed by atoms with E-state index in [0.717, 1.165) is 35.0 Å². The average molecular weight is 371 g/mol. The molecular weight excluding hydrogens is 349 g/mol. The van der Waals surface area contributed by atoms with Crippen LogP contribution in [-0.2, 0) is 19.4 Å². The molecule has 0 atom stereocenters. The largest absolute Gasteiger partial charge is 0.351 e. The van der Waals surface area contributed by atoms with E-state index < -0.39 is 0 Å². The van der Waals surface area contributed by atoms with Gasteiger partial charge in [-0.1, -0.05) is 12.1 Å². The van der Waals surface area contributed by atoms with Crippen LogP contribution in [0.1, 0.15) is 48.7 Å². The summed E-state index contributed by atoms with van der Waals surface area (Å²) in [6.07, 6.45) is 4.34. The maximum atomic E-state index is 13.4. The van der Waals surface area contributed by atoms with Crippen molar-refractivity contribution in [3.63, 3.8) is 0 Å².